The average Bonchev–Trinajstić information content (AvgIpc) is 2.33. The predicted molar refractivity (Wildman–Crippen MR) is 79.6 cm³/mol. The topological polar surface area (TPSA) is 61.4 Å². The normalized spacial score (nSPS) is 11.8. The first-order valence-corrected chi connectivity index (χ1v) is 7.77. The second-order valence-electron chi connectivity index (χ2n) is 4.70. The Morgan fingerprint density at radius 2 is 1.95 bits per heavy atom. The molecule has 0 saturated heterocycles. The molecule has 0 radical (unpaired) electrons. The molecule has 0 amide bonds. The predicted octanol–water partition coefficient (Wildman–Crippen LogP) is 1.50. The maximum Gasteiger partial charge on any atom is 0.301 e. The van der Waals surface area contributed by atoms with Crippen molar-refractivity contribution in [1.82, 2.24) is 9.62 Å². The molecule has 0 unspecified atom stereocenters. The highest BCUT2D eigenvalue weighted by atomic mass is 32.2. The van der Waals surface area contributed by atoms with Gasteiger partial charge >= 0.3 is 10.2 Å². The van der Waals surface area contributed by atoms with Crippen molar-refractivity contribution < 1.29 is 8.42 Å². The van der Waals surface area contributed by atoms with Crippen LogP contribution in [0.4, 0.5) is 5.69 Å². The molecule has 0 atom stereocenters. The summed E-state index contributed by atoms with van der Waals surface area (Å²) in [5.41, 5.74) is 2.58. The molecular formula is C13H23N3O2S. The van der Waals surface area contributed by atoms with E-state index in [1.165, 1.54) is 4.31 Å². The van der Waals surface area contributed by atoms with Crippen molar-refractivity contribution >= 4 is 15.9 Å². The number of hydrogen-bond donors (Lipinski definition) is 2. The van der Waals surface area contributed by atoms with Crippen LogP contribution in [0.5, 0.6) is 0 Å². The Labute approximate surface area is 116 Å². The number of aryl methyl sites for hydroxylation is 2. The molecule has 0 aromatic heterocycles. The van der Waals surface area contributed by atoms with Crippen LogP contribution in [0.2, 0.25) is 0 Å². The average molecular weight is 285 g/mol. The summed E-state index contributed by atoms with van der Waals surface area (Å²) in [5.74, 6) is 0. The Bertz CT molecular complexity index is 515. The molecule has 2 N–H and O–H groups in total. The standard InChI is InChI=1S/C13H23N3O2S/c1-11-6-7-12(2)13(10-11)15-19(17,18)16(4)9-5-8-14-3/h6-7,10,14-15H,5,8-9H2,1-4H3. The van der Waals surface area contributed by atoms with Gasteiger partial charge in [0.25, 0.3) is 0 Å². The Hall–Kier alpha value is -1.11. The third-order valence-electron chi connectivity index (χ3n) is 2.94. The van der Waals surface area contributed by atoms with Crippen molar-refractivity contribution in [2.75, 3.05) is 31.9 Å². The summed E-state index contributed by atoms with van der Waals surface area (Å²) < 4.78 is 28.3. The van der Waals surface area contributed by atoms with E-state index in [1.54, 1.807) is 7.05 Å². The minimum atomic E-state index is -3.48. The zero-order chi connectivity index (χ0) is 14.5. The first kappa shape index (κ1) is 15.9. The molecule has 0 bridgehead atoms. The summed E-state index contributed by atoms with van der Waals surface area (Å²) in [5, 5.41) is 3.00. The van der Waals surface area contributed by atoms with E-state index in [0.29, 0.717) is 12.2 Å². The molecule has 0 heterocycles. The lowest BCUT2D eigenvalue weighted by Crippen LogP contribution is -2.34. The van der Waals surface area contributed by atoms with Gasteiger partial charge in [0.1, 0.15) is 0 Å². The van der Waals surface area contributed by atoms with Gasteiger partial charge in [-0.15, -0.1) is 0 Å². The minimum absolute atomic E-state index is 0.487. The molecule has 0 aliphatic heterocycles. The van der Waals surface area contributed by atoms with E-state index in [2.05, 4.69) is 10.0 Å². The first-order chi connectivity index (χ1) is 8.86. The molecule has 0 aliphatic carbocycles. The molecule has 108 valence electrons. The summed E-state index contributed by atoms with van der Waals surface area (Å²) in [4.78, 5) is 0. The van der Waals surface area contributed by atoms with Gasteiger partial charge < -0.3 is 5.32 Å². The Morgan fingerprint density at radius 1 is 1.26 bits per heavy atom. The smallest absolute Gasteiger partial charge is 0.301 e. The highest BCUT2D eigenvalue weighted by Gasteiger charge is 2.17. The molecule has 0 saturated carbocycles. The van der Waals surface area contributed by atoms with E-state index in [1.807, 2.05) is 39.1 Å². The van der Waals surface area contributed by atoms with Crippen LogP contribution in [0.1, 0.15) is 17.5 Å². The lowest BCUT2D eigenvalue weighted by atomic mass is 10.1. The van der Waals surface area contributed by atoms with Gasteiger partial charge in [0.15, 0.2) is 0 Å². The van der Waals surface area contributed by atoms with E-state index in [9.17, 15) is 8.42 Å². The molecule has 0 aliphatic rings. The highest BCUT2D eigenvalue weighted by molar-refractivity contribution is 7.90. The second kappa shape index (κ2) is 6.88. The lowest BCUT2D eigenvalue weighted by molar-refractivity contribution is 0.462. The van der Waals surface area contributed by atoms with Gasteiger partial charge in [-0.2, -0.15) is 12.7 Å². The summed E-state index contributed by atoms with van der Waals surface area (Å²) in [6.07, 6.45) is 0.778. The summed E-state index contributed by atoms with van der Waals surface area (Å²) in [6.45, 7) is 5.11. The van der Waals surface area contributed by atoms with Crippen molar-refractivity contribution in [1.29, 1.82) is 0 Å². The van der Waals surface area contributed by atoms with Crippen LogP contribution in [-0.4, -0.2) is 39.9 Å². The highest BCUT2D eigenvalue weighted by Crippen LogP contribution is 2.18. The molecule has 0 fully saturated rings. The molecule has 1 rings (SSSR count). The Kier molecular flexibility index (Phi) is 5.78. The van der Waals surface area contributed by atoms with Gasteiger partial charge in [0, 0.05) is 13.6 Å². The maximum absolute atomic E-state index is 12.2. The van der Waals surface area contributed by atoms with Crippen LogP contribution < -0.4 is 10.0 Å². The number of hydrogen-bond acceptors (Lipinski definition) is 3. The quantitative estimate of drug-likeness (QED) is 0.746. The Balaban J connectivity index is 2.75. The van der Waals surface area contributed by atoms with E-state index in [4.69, 9.17) is 0 Å². The second-order valence-corrected chi connectivity index (χ2v) is 6.48. The zero-order valence-corrected chi connectivity index (χ0v) is 12.8. The van der Waals surface area contributed by atoms with Crippen molar-refractivity contribution in [3.63, 3.8) is 0 Å². The van der Waals surface area contributed by atoms with Crippen LogP contribution in [0, 0.1) is 13.8 Å². The van der Waals surface area contributed by atoms with Gasteiger partial charge in [0.2, 0.25) is 0 Å². The third-order valence-corrected chi connectivity index (χ3v) is 4.42. The van der Waals surface area contributed by atoms with Crippen LogP contribution in [-0.2, 0) is 10.2 Å². The number of nitrogens with zero attached hydrogens (tertiary/aromatic N) is 1. The van der Waals surface area contributed by atoms with E-state index >= 15 is 0 Å². The van der Waals surface area contributed by atoms with Crippen molar-refractivity contribution in [2.24, 2.45) is 0 Å². The fourth-order valence-electron chi connectivity index (χ4n) is 1.66. The summed E-state index contributed by atoms with van der Waals surface area (Å²) in [7, 11) is -0.0410. The maximum atomic E-state index is 12.2. The van der Waals surface area contributed by atoms with Gasteiger partial charge in [-0.25, -0.2) is 0 Å². The Morgan fingerprint density at radius 3 is 2.58 bits per heavy atom. The molecule has 1 aromatic rings. The van der Waals surface area contributed by atoms with Gasteiger partial charge in [0.05, 0.1) is 5.69 Å². The summed E-state index contributed by atoms with van der Waals surface area (Å²) >= 11 is 0. The van der Waals surface area contributed by atoms with E-state index in [-0.39, 0.29) is 0 Å². The van der Waals surface area contributed by atoms with E-state index in [0.717, 1.165) is 24.1 Å². The van der Waals surface area contributed by atoms with Crippen molar-refractivity contribution in [3.05, 3.63) is 29.3 Å². The molecule has 1 aromatic carbocycles. The first-order valence-electron chi connectivity index (χ1n) is 6.33. The number of anilines is 1. The molecular weight excluding hydrogens is 262 g/mol. The van der Waals surface area contributed by atoms with Crippen LogP contribution >= 0.6 is 0 Å². The fraction of sp³-hybridized carbons (Fsp3) is 0.538. The number of nitrogens with one attached hydrogen (secondary N) is 2. The number of rotatable bonds is 7. The molecule has 5 nitrogen and oxygen atoms in total. The van der Waals surface area contributed by atoms with Crippen LogP contribution in [0.15, 0.2) is 18.2 Å². The lowest BCUT2D eigenvalue weighted by Gasteiger charge is -2.19. The van der Waals surface area contributed by atoms with Crippen LogP contribution in [0.25, 0.3) is 0 Å². The monoisotopic (exact) mass is 285 g/mol. The van der Waals surface area contributed by atoms with Crippen molar-refractivity contribution in [2.45, 2.75) is 20.3 Å². The summed E-state index contributed by atoms with van der Waals surface area (Å²) in [6, 6.07) is 5.71. The van der Waals surface area contributed by atoms with Gasteiger partial charge in [-0.1, -0.05) is 12.1 Å². The van der Waals surface area contributed by atoms with E-state index < -0.39 is 10.2 Å². The number of benzene rings is 1. The SMILES string of the molecule is CNCCCN(C)S(=O)(=O)Nc1cc(C)ccc1C. The largest absolute Gasteiger partial charge is 0.320 e. The molecule has 6 heteroatoms. The van der Waals surface area contributed by atoms with Gasteiger partial charge in [-0.3, -0.25) is 4.72 Å². The molecule has 19 heavy (non-hydrogen) atoms. The third kappa shape index (κ3) is 4.81. The fourth-order valence-corrected chi connectivity index (χ4v) is 2.68. The van der Waals surface area contributed by atoms with Crippen molar-refractivity contribution in [3.8, 4) is 0 Å². The minimum Gasteiger partial charge on any atom is -0.320 e. The van der Waals surface area contributed by atoms with Crippen LogP contribution in [0.3, 0.4) is 0 Å². The zero-order valence-electron chi connectivity index (χ0n) is 12.0. The molecule has 0 spiro atoms. The van der Waals surface area contributed by atoms with Gasteiger partial charge in [-0.05, 0) is 51.1 Å².